The van der Waals surface area contributed by atoms with Gasteiger partial charge in [0.15, 0.2) is 0 Å². The second kappa shape index (κ2) is 4.44. The lowest BCUT2D eigenvalue weighted by Gasteiger charge is -2.23. The molecule has 1 aromatic rings. The van der Waals surface area contributed by atoms with Crippen LogP contribution >= 0.6 is 0 Å². The molecule has 15 heavy (non-hydrogen) atoms. The molecular weight excluding hydrogens is 204 g/mol. The van der Waals surface area contributed by atoms with Gasteiger partial charge in [-0.1, -0.05) is 55.2 Å². The van der Waals surface area contributed by atoms with Gasteiger partial charge in [-0.25, -0.2) is 4.79 Å². The lowest BCUT2D eigenvalue weighted by Crippen LogP contribution is -2.46. The molecular formula is C12H16O2Si. The van der Waals surface area contributed by atoms with Crippen molar-refractivity contribution in [2.45, 2.75) is 13.1 Å². The molecule has 80 valence electrons. The van der Waals surface area contributed by atoms with Gasteiger partial charge in [-0.15, -0.1) is 0 Å². The molecule has 0 fully saturated rings. The number of ether oxygens (including phenoxy) is 1. The third kappa shape index (κ3) is 2.36. The van der Waals surface area contributed by atoms with E-state index in [-0.39, 0.29) is 5.97 Å². The van der Waals surface area contributed by atoms with Crippen molar-refractivity contribution in [2.24, 2.45) is 0 Å². The predicted octanol–water partition coefficient (Wildman–Crippen LogP) is 1.87. The van der Waals surface area contributed by atoms with E-state index in [9.17, 15) is 4.79 Å². The number of methoxy groups -OCH3 is 1. The predicted molar refractivity (Wildman–Crippen MR) is 64.7 cm³/mol. The summed E-state index contributed by atoms with van der Waals surface area (Å²) in [6, 6.07) is 10.0. The number of carbonyl (C=O) groups is 1. The van der Waals surface area contributed by atoms with E-state index < -0.39 is 8.07 Å². The molecule has 0 aromatic heterocycles. The first kappa shape index (κ1) is 11.7. The molecule has 0 saturated heterocycles. The number of esters is 1. The summed E-state index contributed by atoms with van der Waals surface area (Å²) >= 11 is 0. The minimum atomic E-state index is -1.94. The van der Waals surface area contributed by atoms with Crippen molar-refractivity contribution in [2.75, 3.05) is 7.11 Å². The Hall–Kier alpha value is -1.35. The van der Waals surface area contributed by atoms with Crippen molar-refractivity contribution in [3.63, 3.8) is 0 Å². The van der Waals surface area contributed by atoms with Gasteiger partial charge in [0.1, 0.15) is 8.07 Å². The third-order valence-corrected chi connectivity index (χ3v) is 6.17. The summed E-state index contributed by atoms with van der Waals surface area (Å²) < 4.78 is 4.72. The van der Waals surface area contributed by atoms with Crippen molar-refractivity contribution in [1.29, 1.82) is 0 Å². The second-order valence-corrected chi connectivity index (χ2v) is 8.39. The highest BCUT2D eigenvalue weighted by Gasteiger charge is 2.31. The molecule has 3 heteroatoms. The van der Waals surface area contributed by atoms with Crippen molar-refractivity contribution in [1.82, 2.24) is 0 Å². The van der Waals surface area contributed by atoms with Crippen LogP contribution < -0.4 is 5.19 Å². The topological polar surface area (TPSA) is 26.3 Å². The molecule has 1 aromatic carbocycles. The lowest BCUT2D eigenvalue weighted by atomic mass is 10.4. The van der Waals surface area contributed by atoms with Crippen LogP contribution in [-0.4, -0.2) is 21.2 Å². The molecule has 0 aliphatic rings. The molecule has 0 spiro atoms. The first-order valence-electron chi connectivity index (χ1n) is 4.83. The van der Waals surface area contributed by atoms with Crippen LogP contribution in [0.25, 0.3) is 0 Å². The molecule has 0 bridgehead atoms. The summed E-state index contributed by atoms with van der Waals surface area (Å²) in [7, 11) is -0.544. The molecule has 2 nitrogen and oxygen atoms in total. The van der Waals surface area contributed by atoms with E-state index in [1.165, 1.54) is 12.3 Å². The van der Waals surface area contributed by atoms with Crippen LogP contribution in [0.3, 0.4) is 0 Å². The van der Waals surface area contributed by atoms with Crippen LogP contribution in [0.2, 0.25) is 13.1 Å². The maximum atomic E-state index is 11.4. The largest absolute Gasteiger partial charge is 0.466 e. The minimum absolute atomic E-state index is 0.296. The Morgan fingerprint density at radius 2 is 1.80 bits per heavy atom. The Kier molecular flexibility index (Phi) is 3.47. The summed E-state index contributed by atoms with van der Waals surface area (Å²) in [5.41, 5.74) is 0. The number of rotatable bonds is 3. The second-order valence-electron chi connectivity index (χ2n) is 3.96. The number of benzene rings is 1. The molecule has 0 amide bonds. The molecule has 0 aliphatic carbocycles. The van der Waals surface area contributed by atoms with Gasteiger partial charge in [0, 0.05) is 5.20 Å². The smallest absolute Gasteiger partial charge is 0.329 e. The minimum Gasteiger partial charge on any atom is -0.466 e. The van der Waals surface area contributed by atoms with E-state index >= 15 is 0 Å². The molecule has 0 aliphatic heterocycles. The zero-order valence-electron chi connectivity index (χ0n) is 9.41. The average Bonchev–Trinajstić information content (AvgIpc) is 2.28. The SMILES string of the molecule is C=C(C(=O)OC)[Si](C)(C)c1ccccc1. The monoisotopic (exact) mass is 220 g/mol. The van der Waals surface area contributed by atoms with Gasteiger partial charge in [-0.3, -0.25) is 0 Å². The van der Waals surface area contributed by atoms with Gasteiger partial charge in [0.2, 0.25) is 0 Å². The van der Waals surface area contributed by atoms with E-state index in [2.05, 4.69) is 19.7 Å². The zero-order valence-corrected chi connectivity index (χ0v) is 10.4. The van der Waals surface area contributed by atoms with E-state index in [0.29, 0.717) is 5.20 Å². The van der Waals surface area contributed by atoms with Crippen LogP contribution in [0.1, 0.15) is 0 Å². The van der Waals surface area contributed by atoms with Crippen molar-refractivity contribution < 1.29 is 9.53 Å². The molecule has 0 N–H and O–H groups in total. The molecule has 0 atom stereocenters. The van der Waals surface area contributed by atoms with Crippen LogP contribution in [0.5, 0.6) is 0 Å². The molecule has 1 rings (SSSR count). The van der Waals surface area contributed by atoms with Crippen LogP contribution in [0.15, 0.2) is 42.1 Å². The summed E-state index contributed by atoms with van der Waals surface area (Å²) in [5, 5.41) is 1.80. The fraction of sp³-hybridized carbons (Fsp3) is 0.250. The molecule has 0 radical (unpaired) electrons. The van der Waals surface area contributed by atoms with Crippen molar-refractivity contribution >= 4 is 19.2 Å². The third-order valence-electron chi connectivity index (χ3n) is 2.68. The van der Waals surface area contributed by atoms with E-state index in [4.69, 9.17) is 4.74 Å². The van der Waals surface area contributed by atoms with E-state index in [1.807, 2.05) is 30.3 Å². The Morgan fingerprint density at radius 3 is 2.27 bits per heavy atom. The zero-order chi connectivity index (χ0) is 11.5. The molecule has 0 heterocycles. The Morgan fingerprint density at radius 1 is 1.27 bits per heavy atom. The Balaban J connectivity index is 3.03. The number of hydrogen-bond acceptors (Lipinski definition) is 2. The molecule has 0 saturated carbocycles. The maximum absolute atomic E-state index is 11.4. The van der Waals surface area contributed by atoms with Gasteiger partial charge in [-0.2, -0.15) is 0 Å². The normalized spacial score (nSPS) is 10.9. The van der Waals surface area contributed by atoms with Crippen LogP contribution in [-0.2, 0) is 9.53 Å². The maximum Gasteiger partial charge on any atom is 0.329 e. The summed E-state index contributed by atoms with van der Waals surface area (Å²) in [5.74, 6) is -0.296. The highest BCUT2D eigenvalue weighted by atomic mass is 28.3. The average molecular weight is 220 g/mol. The van der Waals surface area contributed by atoms with Gasteiger partial charge in [0.25, 0.3) is 0 Å². The quantitative estimate of drug-likeness (QED) is 0.441. The van der Waals surface area contributed by atoms with E-state index in [0.717, 1.165) is 0 Å². The first-order chi connectivity index (χ1) is 7.00. The first-order valence-corrected chi connectivity index (χ1v) is 7.83. The van der Waals surface area contributed by atoms with Gasteiger partial charge in [-0.05, 0) is 0 Å². The summed E-state index contributed by atoms with van der Waals surface area (Å²) in [4.78, 5) is 11.4. The van der Waals surface area contributed by atoms with Crippen LogP contribution in [0, 0.1) is 0 Å². The highest BCUT2D eigenvalue weighted by molar-refractivity contribution is 6.98. The number of hydrogen-bond donors (Lipinski definition) is 0. The molecule has 0 unspecified atom stereocenters. The fourth-order valence-electron chi connectivity index (χ4n) is 1.41. The summed E-state index contributed by atoms with van der Waals surface area (Å²) in [6.07, 6.45) is 0. The highest BCUT2D eigenvalue weighted by Crippen LogP contribution is 2.14. The Labute approximate surface area is 91.6 Å². The van der Waals surface area contributed by atoms with E-state index in [1.54, 1.807) is 0 Å². The van der Waals surface area contributed by atoms with Crippen LogP contribution in [0.4, 0.5) is 0 Å². The summed E-state index contributed by atoms with van der Waals surface area (Å²) in [6.45, 7) is 8.06. The van der Waals surface area contributed by atoms with Crippen molar-refractivity contribution in [3.8, 4) is 0 Å². The lowest BCUT2D eigenvalue weighted by molar-refractivity contribution is -0.135. The standard InChI is InChI=1S/C12H16O2Si/c1-10(12(13)14-2)15(3,4)11-8-6-5-7-9-11/h5-9H,1H2,2-4H3. The fourth-order valence-corrected chi connectivity index (χ4v) is 3.39. The number of carbonyl (C=O) groups excluding carboxylic acids is 1. The Bertz CT molecular complexity index is 368. The van der Waals surface area contributed by atoms with Gasteiger partial charge >= 0.3 is 5.97 Å². The van der Waals surface area contributed by atoms with Gasteiger partial charge < -0.3 is 4.74 Å². The van der Waals surface area contributed by atoms with Gasteiger partial charge in [0.05, 0.1) is 7.11 Å². The van der Waals surface area contributed by atoms with Crippen molar-refractivity contribution in [3.05, 3.63) is 42.1 Å².